The molecule has 0 spiro atoms. The van der Waals surface area contributed by atoms with Gasteiger partial charge in [-0.15, -0.1) is 0 Å². The zero-order valence-corrected chi connectivity index (χ0v) is 22.1. The Bertz CT molecular complexity index is 1090. The van der Waals surface area contributed by atoms with Crippen LogP contribution in [0.4, 0.5) is 5.69 Å². The lowest BCUT2D eigenvalue weighted by Crippen LogP contribution is -2.44. The van der Waals surface area contributed by atoms with E-state index >= 15 is 0 Å². The Hall–Kier alpha value is -2.76. The molecule has 1 saturated heterocycles. The molecule has 0 aromatic heterocycles. The Morgan fingerprint density at radius 3 is 2.53 bits per heavy atom. The Kier molecular flexibility index (Phi) is 7.68. The van der Waals surface area contributed by atoms with Crippen molar-refractivity contribution in [1.82, 2.24) is 9.80 Å². The highest BCUT2D eigenvalue weighted by Gasteiger charge is 2.34. The van der Waals surface area contributed by atoms with Gasteiger partial charge in [-0.1, -0.05) is 31.2 Å². The van der Waals surface area contributed by atoms with Crippen LogP contribution in [-0.2, 0) is 24.1 Å². The van der Waals surface area contributed by atoms with Gasteiger partial charge in [-0.25, -0.2) is 0 Å². The Morgan fingerprint density at radius 1 is 1.03 bits per heavy atom. The quantitative estimate of drug-likeness (QED) is 0.604. The molecule has 36 heavy (non-hydrogen) atoms. The Labute approximate surface area is 216 Å². The summed E-state index contributed by atoms with van der Waals surface area (Å²) in [5.74, 6) is 2.36. The summed E-state index contributed by atoms with van der Waals surface area (Å²) >= 11 is 0. The minimum absolute atomic E-state index is 0.302. The number of benzene rings is 2. The lowest BCUT2D eigenvalue weighted by atomic mass is 9.72. The summed E-state index contributed by atoms with van der Waals surface area (Å²) in [5.41, 5.74) is 5.39. The number of methoxy groups -OCH3 is 1. The fraction of sp³-hybridized carbons (Fsp3) is 0.484. The summed E-state index contributed by atoms with van der Waals surface area (Å²) in [7, 11) is 3.97. The molecule has 5 heteroatoms. The second-order valence-corrected chi connectivity index (χ2v) is 10.7. The molecule has 2 aliphatic carbocycles. The molecule has 5 rings (SSSR count). The third-order valence-corrected chi connectivity index (χ3v) is 8.47. The van der Waals surface area contributed by atoms with Crippen LogP contribution in [0.3, 0.4) is 0 Å². The van der Waals surface area contributed by atoms with E-state index in [9.17, 15) is 5.11 Å². The predicted octanol–water partition coefficient (Wildman–Crippen LogP) is 4.86. The molecule has 2 aromatic rings. The van der Waals surface area contributed by atoms with Gasteiger partial charge in [-0.2, -0.15) is 0 Å². The molecule has 3 atom stereocenters. The Balaban J connectivity index is 1.31. The number of hydrogen-bond acceptors (Lipinski definition) is 5. The molecule has 0 radical (unpaired) electrons. The van der Waals surface area contributed by atoms with Crippen LogP contribution in [0, 0.1) is 11.8 Å². The number of likely N-dealkylation sites (N-methyl/N-ethyl adjacent to an activating group) is 2. The maximum Gasteiger partial charge on any atom is 0.116 e. The lowest BCUT2D eigenvalue weighted by Gasteiger charge is -2.41. The number of piperazine rings is 1. The van der Waals surface area contributed by atoms with Crippen molar-refractivity contribution in [2.45, 2.75) is 38.8 Å². The largest absolute Gasteiger partial charge is 0.508 e. The maximum atomic E-state index is 9.90. The van der Waals surface area contributed by atoms with E-state index in [1.807, 2.05) is 12.1 Å². The number of nitrogens with zero attached hydrogens (tertiary/aromatic N) is 3. The van der Waals surface area contributed by atoms with E-state index in [2.05, 4.69) is 77.2 Å². The maximum absolute atomic E-state index is 9.90. The van der Waals surface area contributed by atoms with Crippen molar-refractivity contribution in [2.75, 3.05) is 51.8 Å². The average molecular weight is 488 g/mol. The van der Waals surface area contributed by atoms with Crippen LogP contribution in [0.2, 0.25) is 0 Å². The van der Waals surface area contributed by atoms with Crippen molar-refractivity contribution in [2.24, 2.45) is 11.8 Å². The number of hydrogen-bond donors (Lipinski definition) is 1. The number of aromatic hydroxyl groups is 1. The van der Waals surface area contributed by atoms with Gasteiger partial charge in [0.1, 0.15) is 11.5 Å². The van der Waals surface area contributed by atoms with Crippen molar-refractivity contribution in [3.05, 3.63) is 83.1 Å². The van der Waals surface area contributed by atoms with Crippen LogP contribution >= 0.6 is 0 Å². The van der Waals surface area contributed by atoms with E-state index in [1.165, 1.54) is 22.4 Å². The second-order valence-electron chi connectivity index (χ2n) is 10.7. The minimum atomic E-state index is 0.302. The van der Waals surface area contributed by atoms with Gasteiger partial charge < -0.3 is 19.6 Å². The van der Waals surface area contributed by atoms with Gasteiger partial charge in [0, 0.05) is 44.5 Å². The number of fused-ring (bicyclic) bond motifs is 1. The van der Waals surface area contributed by atoms with Crippen molar-refractivity contribution in [3.63, 3.8) is 0 Å². The molecule has 192 valence electrons. The van der Waals surface area contributed by atoms with E-state index < -0.39 is 0 Å². The van der Waals surface area contributed by atoms with E-state index in [4.69, 9.17) is 4.74 Å². The van der Waals surface area contributed by atoms with Crippen LogP contribution < -0.4 is 4.90 Å². The number of phenols is 1. The fourth-order valence-electron chi connectivity index (χ4n) is 6.21. The van der Waals surface area contributed by atoms with Gasteiger partial charge in [0.2, 0.25) is 0 Å². The van der Waals surface area contributed by atoms with Crippen LogP contribution in [0.5, 0.6) is 5.75 Å². The van der Waals surface area contributed by atoms with E-state index in [-0.39, 0.29) is 0 Å². The number of rotatable bonds is 7. The topological polar surface area (TPSA) is 39.2 Å². The highest BCUT2D eigenvalue weighted by Crippen LogP contribution is 2.38. The molecule has 3 aliphatic rings. The summed E-state index contributed by atoms with van der Waals surface area (Å²) in [5, 5.41) is 9.90. The van der Waals surface area contributed by atoms with Crippen molar-refractivity contribution in [3.8, 4) is 5.75 Å². The van der Waals surface area contributed by atoms with Crippen molar-refractivity contribution in [1.29, 1.82) is 0 Å². The zero-order chi connectivity index (χ0) is 25.1. The van der Waals surface area contributed by atoms with Gasteiger partial charge in [0.05, 0.1) is 7.11 Å². The molecular formula is C31H41N3O2. The van der Waals surface area contributed by atoms with Gasteiger partial charge >= 0.3 is 0 Å². The molecule has 2 unspecified atom stereocenters. The second kappa shape index (κ2) is 11.1. The molecule has 1 fully saturated rings. The summed E-state index contributed by atoms with van der Waals surface area (Å²) in [4.78, 5) is 7.50. The van der Waals surface area contributed by atoms with Crippen LogP contribution in [0.15, 0.2) is 66.5 Å². The molecule has 0 bridgehead atoms. The highest BCUT2D eigenvalue weighted by atomic mass is 16.5. The SMILES string of the molecule is CCN(Cc1ccc(N2CCN(C)CC2)cc1)C1C=C(OC)C=CC1[C@@H]1CCc2cc(O)ccc2C1. The zero-order valence-electron chi connectivity index (χ0n) is 22.1. The molecule has 1 heterocycles. The number of allylic oxidation sites excluding steroid dienone is 1. The third-order valence-electron chi connectivity index (χ3n) is 8.47. The minimum Gasteiger partial charge on any atom is -0.508 e. The Morgan fingerprint density at radius 2 is 1.81 bits per heavy atom. The van der Waals surface area contributed by atoms with Crippen LogP contribution in [0.25, 0.3) is 0 Å². The van der Waals surface area contributed by atoms with Crippen LogP contribution in [-0.4, -0.2) is 67.8 Å². The van der Waals surface area contributed by atoms with Crippen molar-refractivity contribution >= 4 is 5.69 Å². The summed E-state index contributed by atoms with van der Waals surface area (Å²) in [6, 6.07) is 15.4. The van der Waals surface area contributed by atoms with Crippen molar-refractivity contribution < 1.29 is 9.84 Å². The number of ether oxygens (including phenoxy) is 1. The molecular weight excluding hydrogens is 446 g/mol. The first-order valence-corrected chi connectivity index (χ1v) is 13.6. The van der Waals surface area contributed by atoms with E-state index in [0.29, 0.717) is 23.6 Å². The summed E-state index contributed by atoms with van der Waals surface area (Å²) in [6.45, 7) is 8.64. The smallest absolute Gasteiger partial charge is 0.116 e. The van der Waals surface area contributed by atoms with Gasteiger partial charge in [0.15, 0.2) is 0 Å². The van der Waals surface area contributed by atoms with Gasteiger partial charge in [-0.05, 0) is 97.8 Å². The summed E-state index contributed by atoms with van der Waals surface area (Å²) in [6.07, 6.45) is 10.1. The first-order valence-electron chi connectivity index (χ1n) is 13.6. The number of phenolic OH excluding ortho intramolecular Hbond substituents is 1. The molecule has 1 aliphatic heterocycles. The highest BCUT2D eigenvalue weighted by molar-refractivity contribution is 5.48. The first-order chi connectivity index (χ1) is 17.5. The molecule has 1 N–H and O–H groups in total. The van der Waals surface area contributed by atoms with Crippen LogP contribution in [0.1, 0.15) is 30.0 Å². The van der Waals surface area contributed by atoms with E-state index in [1.54, 1.807) is 7.11 Å². The average Bonchev–Trinajstić information content (AvgIpc) is 2.92. The molecule has 0 saturated carbocycles. The lowest BCUT2D eigenvalue weighted by molar-refractivity contribution is 0.147. The summed E-state index contributed by atoms with van der Waals surface area (Å²) < 4.78 is 5.67. The standard InChI is InChI=1S/C31H41N3O2/c1-4-33(22-23-5-10-27(11-6-23)34-17-15-32(2)16-18-34)31-21-29(36-3)13-14-30(31)26-8-7-25-20-28(35)12-9-24(25)19-26/h5-6,9-14,20-21,26,30-31,35H,4,7-8,15-19,22H2,1-3H3/t26-,30?,31?/m1/s1. The molecule has 5 nitrogen and oxygen atoms in total. The third kappa shape index (κ3) is 5.47. The molecule has 2 aromatic carbocycles. The molecule has 0 amide bonds. The first kappa shape index (κ1) is 24.9. The van der Waals surface area contributed by atoms with Gasteiger partial charge in [0.25, 0.3) is 0 Å². The fourth-order valence-corrected chi connectivity index (χ4v) is 6.21. The number of anilines is 1. The van der Waals surface area contributed by atoms with E-state index in [0.717, 1.165) is 64.3 Å². The monoisotopic (exact) mass is 487 g/mol. The normalized spacial score (nSPS) is 24.5. The predicted molar refractivity (Wildman–Crippen MR) is 147 cm³/mol. The number of aryl methyl sites for hydroxylation is 1. The van der Waals surface area contributed by atoms with Gasteiger partial charge in [-0.3, -0.25) is 4.90 Å².